The fourth-order valence-corrected chi connectivity index (χ4v) is 3.80. The van der Waals surface area contributed by atoms with Crippen LogP contribution in [-0.2, 0) is 16.0 Å². The fourth-order valence-electron chi connectivity index (χ4n) is 3.80. The van der Waals surface area contributed by atoms with Crippen LogP contribution in [-0.4, -0.2) is 28.2 Å². The zero-order valence-corrected chi connectivity index (χ0v) is 17.3. The van der Waals surface area contributed by atoms with Gasteiger partial charge in [0, 0.05) is 12.1 Å². The van der Waals surface area contributed by atoms with Gasteiger partial charge in [-0.05, 0) is 67.3 Å². The van der Waals surface area contributed by atoms with Gasteiger partial charge in [0.25, 0.3) is 11.7 Å². The SMILES string of the molecule is Cc1ccc(/C(O)=C2/C(=O)C(=O)N(CCc3ccc(F)cc3)C2c2ccco2)cc1C. The summed E-state index contributed by atoms with van der Waals surface area (Å²) in [4.78, 5) is 27.2. The molecule has 1 N–H and O–H groups in total. The van der Waals surface area contributed by atoms with Crippen molar-refractivity contribution in [1.82, 2.24) is 4.90 Å². The molecule has 158 valence electrons. The summed E-state index contributed by atoms with van der Waals surface area (Å²) < 4.78 is 18.7. The highest BCUT2D eigenvalue weighted by Crippen LogP contribution is 2.39. The molecule has 3 aromatic rings. The Morgan fingerprint density at radius 1 is 1.06 bits per heavy atom. The third-order valence-corrected chi connectivity index (χ3v) is 5.69. The van der Waals surface area contributed by atoms with Crippen molar-refractivity contribution in [2.45, 2.75) is 26.3 Å². The van der Waals surface area contributed by atoms with E-state index >= 15 is 0 Å². The highest BCUT2D eigenvalue weighted by atomic mass is 19.1. The van der Waals surface area contributed by atoms with Crippen molar-refractivity contribution in [2.24, 2.45) is 0 Å². The van der Waals surface area contributed by atoms with Gasteiger partial charge in [0.05, 0.1) is 11.8 Å². The molecule has 0 spiro atoms. The largest absolute Gasteiger partial charge is 0.507 e. The number of carbonyl (C=O) groups excluding carboxylic acids is 2. The van der Waals surface area contributed by atoms with E-state index in [2.05, 4.69) is 0 Å². The summed E-state index contributed by atoms with van der Waals surface area (Å²) in [7, 11) is 0. The molecule has 2 heterocycles. The van der Waals surface area contributed by atoms with Crippen LogP contribution in [0.1, 0.15) is 34.1 Å². The Balaban J connectivity index is 1.74. The van der Waals surface area contributed by atoms with Gasteiger partial charge < -0.3 is 14.4 Å². The van der Waals surface area contributed by atoms with Crippen molar-refractivity contribution in [3.63, 3.8) is 0 Å². The molecule has 0 saturated carbocycles. The molecule has 1 unspecified atom stereocenters. The minimum Gasteiger partial charge on any atom is -0.507 e. The van der Waals surface area contributed by atoms with E-state index in [0.717, 1.165) is 16.7 Å². The molecule has 1 aliphatic heterocycles. The van der Waals surface area contributed by atoms with Gasteiger partial charge in [-0.3, -0.25) is 9.59 Å². The second-order valence-corrected chi connectivity index (χ2v) is 7.68. The minimum atomic E-state index is -0.836. The molecule has 4 rings (SSSR count). The molecule has 1 aliphatic rings. The maximum absolute atomic E-state index is 13.2. The van der Waals surface area contributed by atoms with Crippen molar-refractivity contribution < 1.29 is 23.5 Å². The smallest absolute Gasteiger partial charge is 0.295 e. The average molecular weight is 419 g/mol. The average Bonchev–Trinajstić information content (AvgIpc) is 3.37. The van der Waals surface area contributed by atoms with Crippen molar-refractivity contribution in [3.05, 3.63) is 100 Å². The van der Waals surface area contributed by atoms with Crippen LogP contribution >= 0.6 is 0 Å². The summed E-state index contributed by atoms with van der Waals surface area (Å²) in [6.45, 7) is 4.08. The zero-order valence-electron chi connectivity index (χ0n) is 17.3. The fraction of sp³-hybridized carbons (Fsp3) is 0.200. The first kappa shape index (κ1) is 20.6. The Bertz CT molecular complexity index is 1160. The normalized spacial score (nSPS) is 18.0. The number of carbonyl (C=O) groups is 2. The second kappa shape index (κ2) is 8.22. The van der Waals surface area contributed by atoms with Gasteiger partial charge in [-0.2, -0.15) is 0 Å². The van der Waals surface area contributed by atoms with Gasteiger partial charge in [-0.1, -0.05) is 24.3 Å². The number of aliphatic hydroxyl groups is 1. The lowest BCUT2D eigenvalue weighted by Gasteiger charge is -2.23. The third kappa shape index (κ3) is 3.89. The minimum absolute atomic E-state index is 0.00214. The summed E-state index contributed by atoms with van der Waals surface area (Å²) >= 11 is 0. The maximum atomic E-state index is 13.2. The van der Waals surface area contributed by atoms with Crippen molar-refractivity contribution >= 4 is 17.4 Å². The molecule has 1 aromatic heterocycles. The van der Waals surface area contributed by atoms with Crippen LogP contribution in [0, 0.1) is 19.7 Å². The Morgan fingerprint density at radius 2 is 1.81 bits per heavy atom. The summed E-state index contributed by atoms with van der Waals surface area (Å²) in [5, 5.41) is 11.0. The van der Waals surface area contributed by atoms with Crippen LogP contribution in [0.4, 0.5) is 4.39 Å². The number of hydrogen-bond acceptors (Lipinski definition) is 4. The van der Waals surface area contributed by atoms with E-state index in [-0.39, 0.29) is 23.7 Å². The van der Waals surface area contributed by atoms with Crippen LogP contribution < -0.4 is 0 Å². The molecule has 0 aliphatic carbocycles. The topological polar surface area (TPSA) is 70.8 Å². The van der Waals surface area contributed by atoms with E-state index in [1.165, 1.54) is 23.3 Å². The Morgan fingerprint density at radius 3 is 2.45 bits per heavy atom. The van der Waals surface area contributed by atoms with E-state index in [1.807, 2.05) is 19.9 Å². The summed E-state index contributed by atoms with van der Waals surface area (Å²) in [6.07, 6.45) is 1.89. The predicted molar refractivity (Wildman–Crippen MR) is 114 cm³/mol. The van der Waals surface area contributed by atoms with Gasteiger partial charge in [-0.15, -0.1) is 0 Å². The highest BCUT2D eigenvalue weighted by Gasteiger charge is 2.47. The lowest BCUT2D eigenvalue weighted by Crippen LogP contribution is -2.31. The Labute approximate surface area is 179 Å². The molecule has 6 heteroatoms. The predicted octanol–water partition coefficient (Wildman–Crippen LogP) is 4.70. The van der Waals surface area contributed by atoms with Crippen LogP contribution in [0.3, 0.4) is 0 Å². The van der Waals surface area contributed by atoms with E-state index in [9.17, 15) is 19.1 Å². The van der Waals surface area contributed by atoms with Gasteiger partial charge in [-0.25, -0.2) is 4.39 Å². The summed E-state index contributed by atoms with van der Waals surface area (Å²) in [5.41, 5.74) is 3.32. The molecule has 5 nitrogen and oxygen atoms in total. The highest BCUT2D eigenvalue weighted by molar-refractivity contribution is 6.46. The monoisotopic (exact) mass is 419 g/mol. The number of benzene rings is 2. The first-order chi connectivity index (χ1) is 14.9. The van der Waals surface area contributed by atoms with Crippen LogP contribution in [0.15, 0.2) is 70.9 Å². The molecule has 1 saturated heterocycles. The number of nitrogens with zero attached hydrogens (tertiary/aromatic N) is 1. The lowest BCUT2D eigenvalue weighted by atomic mass is 9.97. The summed E-state index contributed by atoms with van der Waals surface area (Å²) in [5.74, 6) is -1.63. The molecule has 0 radical (unpaired) electrons. The van der Waals surface area contributed by atoms with E-state index in [0.29, 0.717) is 17.7 Å². The number of hydrogen-bond donors (Lipinski definition) is 1. The van der Waals surface area contributed by atoms with Crippen molar-refractivity contribution in [3.8, 4) is 0 Å². The van der Waals surface area contributed by atoms with E-state index in [4.69, 9.17) is 4.42 Å². The van der Waals surface area contributed by atoms with Crippen LogP contribution in [0.2, 0.25) is 0 Å². The standard InChI is InChI=1S/C25H22FNO4/c1-15-5-8-18(14-16(15)2)23(28)21-22(20-4-3-13-31-20)27(25(30)24(21)29)12-11-17-6-9-19(26)10-7-17/h3-10,13-14,22,28H,11-12H2,1-2H3/b23-21-. The number of ketones is 1. The maximum Gasteiger partial charge on any atom is 0.295 e. The van der Waals surface area contributed by atoms with Crippen molar-refractivity contribution in [2.75, 3.05) is 6.54 Å². The first-order valence-electron chi connectivity index (χ1n) is 10.0. The number of furan rings is 1. The molecule has 1 fully saturated rings. The summed E-state index contributed by atoms with van der Waals surface area (Å²) in [6, 6.07) is 13.9. The number of aliphatic hydroxyl groups excluding tert-OH is 1. The number of amides is 1. The van der Waals surface area contributed by atoms with E-state index < -0.39 is 17.7 Å². The Kier molecular flexibility index (Phi) is 5.46. The number of Topliss-reactive ketones (excluding diaryl/α,β-unsaturated/α-hetero) is 1. The number of rotatable bonds is 5. The molecule has 1 atom stereocenters. The molecular formula is C25H22FNO4. The molecule has 0 bridgehead atoms. The molecule has 31 heavy (non-hydrogen) atoms. The Hall–Kier alpha value is -3.67. The lowest BCUT2D eigenvalue weighted by molar-refractivity contribution is -0.140. The van der Waals surface area contributed by atoms with Gasteiger partial charge in [0.1, 0.15) is 23.4 Å². The number of likely N-dealkylation sites (tertiary alicyclic amines) is 1. The first-order valence-corrected chi connectivity index (χ1v) is 10.0. The van der Waals surface area contributed by atoms with E-state index in [1.54, 1.807) is 36.4 Å². The van der Waals surface area contributed by atoms with Gasteiger partial charge in [0.15, 0.2) is 0 Å². The quantitative estimate of drug-likeness (QED) is 0.370. The molecular weight excluding hydrogens is 397 g/mol. The van der Waals surface area contributed by atoms with Crippen molar-refractivity contribution in [1.29, 1.82) is 0 Å². The number of halogens is 1. The molecule has 2 aromatic carbocycles. The zero-order chi connectivity index (χ0) is 22.1. The third-order valence-electron chi connectivity index (χ3n) is 5.69. The van der Waals surface area contributed by atoms with Crippen LogP contribution in [0.25, 0.3) is 5.76 Å². The second-order valence-electron chi connectivity index (χ2n) is 7.68. The number of aryl methyl sites for hydroxylation is 2. The van der Waals surface area contributed by atoms with Gasteiger partial charge in [0.2, 0.25) is 0 Å². The van der Waals surface area contributed by atoms with Crippen LogP contribution in [0.5, 0.6) is 0 Å². The molecule has 1 amide bonds. The van der Waals surface area contributed by atoms with Gasteiger partial charge >= 0.3 is 0 Å².